The number of hydrogen-bond acceptors (Lipinski definition) is 5. The van der Waals surface area contributed by atoms with E-state index in [0.29, 0.717) is 18.5 Å². The van der Waals surface area contributed by atoms with Crippen LogP contribution in [-0.2, 0) is 18.3 Å². The van der Waals surface area contributed by atoms with Crippen molar-refractivity contribution in [2.45, 2.75) is 31.5 Å². The molecule has 136 valence electrons. The van der Waals surface area contributed by atoms with E-state index in [1.807, 2.05) is 66.6 Å². The van der Waals surface area contributed by atoms with E-state index in [2.05, 4.69) is 10.3 Å². The topological polar surface area (TPSA) is 61.5 Å². The normalized spacial score (nSPS) is 20.2. The minimum absolute atomic E-state index is 0.0855. The largest absolute Gasteiger partial charge is 0.429 e. The fraction of sp³-hybridized carbons (Fsp3) is 0.350. The van der Waals surface area contributed by atoms with Crippen LogP contribution in [0.25, 0.3) is 0 Å². The number of hydrogen-bond donors (Lipinski definition) is 1. The van der Waals surface area contributed by atoms with E-state index in [1.165, 1.54) is 0 Å². The molecule has 0 saturated carbocycles. The second-order valence-corrected chi connectivity index (χ2v) is 6.53. The Hall–Kier alpha value is -2.57. The number of imidazole rings is 1. The number of nitrogens with one attached hydrogen (secondary N) is 1. The minimum atomic E-state index is 0.0855. The monoisotopic (exact) mass is 353 g/mol. The summed E-state index contributed by atoms with van der Waals surface area (Å²) in [6, 6.07) is 13.8. The minimum Gasteiger partial charge on any atom is -0.429 e. The third-order valence-corrected chi connectivity index (χ3v) is 4.63. The first-order valence-electron chi connectivity index (χ1n) is 8.91. The number of rotatable bonds is 6. The van der Waals surface area contributed by atoms with Crippen LogP contribution < -0.4 is 10.1 Å². The Kier molecular flexibility index (Phi) is 5.04. The predicted molar refractivity (Wildman–Crippen MR) is 97.0 cm³/mol. The van der Waals surface area contributed by atoms with Gasteiger partial charge in [0.1, 0.15) is 17.6 Å². The zero-order valence-electron chi connectivity index (χ0n) is 14.8. The van der Waals surface area contributed by atoms with Crippen molar-refractivity contribution in [2.24, 2.45) is 7.05 Å². The van der Waals surface area contributed by atoms with Crippen molar-refractivity contribution in [2.75, 3.05) is 6.61 Å². The van der Waals surface area contributed by atoms with Gasteiger partial charge < -0.3 is 23.8 Å². The first-order chi connectivity index (χ1) is 12.8. The van der Waals surface area contributed by atoms with Crippen molar-refractivity contribution in [1.29, 1.82) is 0 Å². The Morgan fingerprint density at radius 3 is 2.92 bits per heavy atom. The second-order valence-electron chi connectivity index (χ2n) is 6.53. The van der Waals surface area contributed by atoms with Crippen LogP contribution in [0.5, 0.6) is 11.7 Å². The predicted octanol–water partition coefficient (Wildman–Crippen LogP) is 3.82. The summed E-state index contributed by atoms with van der Waals surface area (Å²) in [5, 5.41) is 3.57. The molecule has 1 aromatic carbocycles. The molecule has 0 radical (unpaired) electrons. The molecule has 1 aliphatic rings. The van der Waals surface area contributed by atoms with E-state index >= 15 is 0 Å². The molecule has 2 atom stereocenters. The zero-order chi connectivity index (χ0) is 17.8. The number of ether oxygens (including phenoxy) is 2. The number of nitrogens with zero attached hydrogens (tertiary/aromatic N) is 2. The fourth-order valence-electron chi connectivity index (χ4n) is 3.22. The average Bonchev–Trinajstić information content (AvgIpc) is 3.30. The molecule has 26 heavy (non-hydrogen) atoms. The molecule has 0 spiro atoms. The number of aryl methyl sites for hydroxylation is 1. The van der Waals surface area contributed by atoms with Crippen molar-refractivity contribution in [3.05, 3.63) is 66.4 Å². The van der Waals surface area contributed by atoms with E-state index in [9.17, 15) is 0 Å². The van der Waals surface area contributed by atoms with Gasteiger partial charge in [-0.05, 0) is 31.0 Å². The summed E-state index contributed by atoms with van der Waals surface area (Å²) in [5.74, 6) is 2.14. The lowest BCUT2D eigenvalue weighted by molar-refractivity contribution is -0.00432. The number of furan rings is 1. The van der Waals surface area contributed by atoms with Gasteiger partial charge in [0.25, 0.3) is 5.95 Å². The molecule has 6 nitrogen and oxygen atoms in total. The van der Waals surface area contributed by atoms with Crippen LogP contribution in [0, 0.1) is 0 Å². The molecule has 0 bridgehead atoms. The van der Waals surface area contributed by atoms with Gasteiger partial charge in [-0.1, -0.05) is 18.2 Å². The quantitative estimate of drug-likeness (QED) is 0.730. The van der Waals surface area contributed by atoms with E-state index in [-0.39, 0.29) is 6.10 Å². The van der Waals surface area contributed by atoms with Crippen molar-refractivity contribution < 1.29 is 13.9 Å². The number of aromatic nitrogens is 2. The summed E-state index contributed by atoms with van der Waals surface area (Å²) in [7, 11) is 2.00. The molecule has 0 aliphatic carbocycles. The molecule has 1 saturated heterocycles. The molecule has 0 unspecified atom stereocenters. The van der Waals surface area contributed by atoms with Crippen LogP contribution in [0.1, 0.15) is 30.4 Å². The van der Waals surface area contributed by atoms with E-state index in [4.69, 9.17) is 13.9 Å². The lowest BCUT2D eigenvalue weighted by atomic mass is 10.0. The van der Waals surface area contributed by atoms with Crippen LogP contribution >= 0.6 is 0 Å². The summed E-state index contributed by atoms with van der Waals surface area (Å²) < 4.78 is 19.4. The highest BCUT2D eigenvalue weighted by Crippen LogP contribution is 2.28. The lowest BCUT2D eigenvalue weighted by Crippen LogP contribution is -2.36. The van der Waals surface area contributed by atoms with Gasteiger partial charge in [0, 0.05) is 25.8 Å². The highest BCUT2D eigenvalue weighted by atomic mass is 16.6. The average molecular weight is 353 g/mol. The molecule has 1 fully saturated rings. The van der Waals surface area contributed by atoms with Crippen LogP contribution in [-0.4, -0.2) is 22.2 Å². The summed E-state index contributed by atoms with van der Waals surface area (Å²) >= 11 is 0. The van der Waals surface area contributed by atoms with Crippen molar-refractivity contribution >= 4 is 0 Å². The number of benzene rings is 1. The summed E-state index contributed by atoms with van der Waals surface area (Å²) in [6.45, 7) is 1.41. The summed E-state index contributed by atoms with van der Waals surface area (Å²) in [4.78, 5) is 4.19. The van der Waals surface area contributed by atoms with Gasteiger partial charge in [-0.25, -0.2) is 4.98 Å². The first-order valence-corrected chi connectivity index (χ1v) is 8.91. The van der Waals surface area contributed by atoms with E-state index in [0.717, 1.165) is 36.7 Å². The third-order valence-electron chi connectivity index (χ3n) is 4.63. The van der Waals surface area contributed by atoms with Gasteiger partial charge in [-0.15, -0.1) is 0 Å². The Morgan fingerprint density at radius 1 is 1.23 bits per heavy atom. The summed E-state index contributed by atoms with van der Waals surface area (Å²) in [6.07, 6.45) is 5.69. The highest BCUT2D eigenvalue weighted by molar-refractivity contribution is 5.26. The van der Waals surface area contributed by atoms with Crippen molar-refractivity contribution in [3.8, 4) is 11.7 Å². The Balaban J connectivity index is 1.31. The molecule has 6 heteroatoms. The van der Waals surface area contributed by atoms with Crippen molar-refractivity contribution in [3.63, 3.8) is 0 Å². The van der Waals surface area contributed by atoms with Crippen LogP contribution in [0.2, 0.25) is 0 Å². The summed E-state index contributed by atoms with van der Waals surface area (Å²) in [5.41, 5.74) is 1.12. The molecular formula is C20H23N3O3. The molecule has 3 heterocycles. The van der Waals surface area contributed by atoms with E-state index in [1.54, 1.807) is 0 Å². The van der Waals surface area contributed by atoms with Gasteiger partial charge in [-0.3, -0.25) is 0 Å². The molecular weight excluding hydrogens is 330 g/mol. The van der Waals surface area contributed by atoms with E-state index < -0.39 is 0 Å². The molecule has 1 N–H and O–H groups in total. The Labute approximate surface area is 152 Å². The van der Waals surface area contributed by atoms with Crippen LogP contribution in [0.3, 0.4) is 0 Å². The molecule has 0 amide bonds. The maximum absolute atomic E-state index is 5.91. The molecule has 3 aromatic rings. The highest BCUT2D eigenvalue weighted by Gasteiger charge is 2.25. The molecule has 1 aliphatic heterocycles. The maximum atomic E-state index is 5.91. The Morgan fingerprint density at radius 2 is 2.12 bits per heavy atom. The lowest BCUT2D eigenvalue weighted by Gasteiger charge is -2.30. The second kappa shape index (κ2) is 7.76. The SMILES string of the molecule is Cn1cncc1[C@@H]1C[C@@H](NCc2ccc(Oc3ccccc3)o2)CCO1. The zero-order valence-corrected chi connectivity index (χ0v) is 14.8. The number of para-hydroxylation sites is 1. The van der Waals surface area contributed by atoms with Crippen molar-refractivity contribution in [1.82, 2.24) is 14.9 Å². The maximum Gasteiger partial charge on any atom is 0.290 e. The van der Waals surface area contributed by atoms with Gasteiger partial charge in [0.15, 0.2) is 0 Å². The van der Waals surface area contributed by atoms with Gasteiger partial charge in [0.2, 0.25) is 0 Å². The Bertz CT molecular complexity index is 828. The molecule has 2 aromatic heterocycles. The smallest absolute Gasteiger partial charge is 0.290 e. The molecule has 4 rings (SSSR count). The van der Waals surface area contributed by atoms with Gasteiger partial charge in [0.05, 0.1) is 24.8 Å². The van der Waals surface area contributed by atoms with Crippen LogP contribution in [0.15, 0.2) is 59.4 Å². The van der Waals surface area contributed by atoms with Gasteiger partial charge in [-0.2, -0.15) is 0 Å². The first kappa shape index (κ1) is 16.9. The van der Waals surface area contributed by atoms with Gasteiger partial charge >= 0.3 is 0 Å². The standard InChI is InChI=1S/C20H23N3O3/c1-23-14-21-13-18(23)19-11-15(9-10-24-19)22-12-17-7-8-20(26-17)25-16-5-3-2-4-6-16/h2-8,13-15,19,22H,9-12H2,1H3/t15-,19-/m0/s1. The van der Waals surface area contributed by atoms with Crippen LogP contribution in [0.4, 0.5) is 0 Å². The fourth-order valence-corrected chi connectivity index (χ4v) is 3.22. The third kappa shape index (κ3) is 3.98.